The maximum absolute atomic E-state index is 4.63. The quantitative estimate of drug-likeness (QED) is 0.806. The minimum atomic E-state index is 0.469. The van der Waals surface area contributed by atoms with Crippen molar-refractivity contribution in [2.75, 3.05) is 39.1 Å². The summed E-state index contributed by atoms with van der Waals surface area (Å²) in [5.41, 5.74) is 0.833. The largest absolute Gasteiger partial charge is 0.361 e. The molecule has 3 rings (SSSR count). The predicted molar refractivity (Wildman–Crippen MR) is 74.6 cm³/mol. The molecule has 19 heavy (non-hydrogen) atoms. The van der Waals surface area contributed by atoms with Crippen molar-refractivity contribution < 1.29 is 0 Å². The summed E-state index contributed by atoms with van der Waals surface area (Å²) in [6.45, 7) is 2.24. The number of nitrogens with zero attached hydrogens (tertiary/aromatic N) is 6. The van der Waals surface area contributed by atoms with E-state index in [1.165, 1.54) is 0 Å². The van der Waals surface area contributed by atoms with Crippen LogP contribution in [0.1, 0.15) is 24.6 Å². The highest BCUT2D eigenvalue weighted by atomic mass is 15.4. The molecule has 0 radical (unpaired) electrons. The number of anilines is 1. The molecule has 1 aliphatic rings. The molecule has 0 saturated carbocycles. The van der Waals surface area contributed by atoms with E-state index in [0.717, 1.165) is 43.2 Å². The second-order valence-corrected chi connectivity index (χ2v) is 5.49. The lowest BCUT2D eigenvalue weighted by Gasteiger charge is -2.27. The summed E-state index contributed by atoms with van der Waals surface area (Å²) in [5.74, 6) is 2.41. The zero-order valence-electron chi connectivity index (χ0n) is 11.7. The van der Waals surface area contributed by atoms with Crippen LogP contribution < -0.4 is 4.90 Å². The highest BCUT2D eigenvalue weighted by molar-refractivity contribution is 5.45. The summed E-state index contributed by atoms with van der Waals surface area (Å²) in [6, 6.07) is 3.95. The van der Waals surface area contributed by atoms with Crippen LogP contribution in [0, 0.1) is 0 Å². The molecular weight excluding hydrogens is 240 g/mol. The van der Waals surface area contributed by atoms with Crippen molar-refractivity contribution >= 4 is 11.5 Å². The van der Waals surface area contributed by atoms with E-state index in [9.17, 15) is 0 Å². The van der Waals surface area contributed by atoms with Gasteiger partial charge in [-0.1, -0.05) is 0 Å². The Hall–Kier alpha value is -1.69. The second kappa shape index (κ2) is 4.77. The van der Waals surface area contributed by atoms with Gasteiger partial charge in [-0.2, -0.15) is 4.52 Å². The van der Waals surface area contributed by atoms with Gasteiger partial charge in [-0.05, 0) is 45.1 Å². The van der Waals surface area contributed by atoms with Gasteiger partial charge < -0.3 is 9.80 Å². The Bertz CT molecular complexity index is 568. The Kier molecular flexibility index (Phi) is 3.10. The summed E-state index contributed by atoms with van der Waals surface area (Å²) in [7, 11) is 6.15. The molecule has 0 aromatic carbocycles. The van der Waals surface area contributed by atoms with Gasteiger partial charge in [0.2, 0.25) is 0 Å². The number of aromatic nitrogens is 4. The third kappa shape index (κ3) is 2.28. The highest BCUT2D eigenvalue weighted by Gasteiger charge is 2.23. The first kappa shape index (κ1) is 12.3. The van der Waals surface area contributed by atoms with Gasteiger partial charge >= 0.3 is 0 Å². The second-order valence-electron chi connectivity index (χ2n) is 5.49. The topological polar surface area (TPSA) is 49.6 Å². The Labute approximate surface area is 113 Å². The number of likely N-dealkylation sites (tertiary alicyclic amines) is 1. The molecule has 102 valence electrons. The van der Waals surface area contributed by atoms with E-state index in [0.29, 0.717) is 5.92 Å². The van der Waals surface area contributed by atoms with Crippen molar-refractivity contribution in [3.8, 4) is 0 Å². The van der Waals surface area contributed by atoms with Crippen LogP contribution in [0.2, 0.25) is 0 Å². The van der Waals surface area contributed by atoms with Gasteiger partial charge in [0.15, 0.2) is 11.5 Å². The minimum absolute atomic E-state index is 0.469. The number of hydrogen-bond acceptors (Lipinski definition) is 5. The van der Waals surface area contributed by atoms with Crippen molar-refractivity contribution in [2.24, 2.45) is 0 Å². The fourth-order valence-corrected chi connectivity index (χ4v) is 2.56. The minimum Gasteiger partial charge on any atom is -0.361 e. The first-order valence-electron chi connectivity index (χ1n) is 6.73. The van der Waals surface area contributed by atoms with E-state index in [1.54, 1.807) is 0 Å². The van der Waals surface area contributed by atoms with E-state index in [-0.39, 0.29) is 0 Å². The van der Waals surface area contributed by atoms with Crippen LogP contribution in [-0.4, -0.2) is 58.9 Å². The standard InChI is InChI=1S/C13H20N6/c1-17(2)12-5-4-11-14-15-13(19(11)16-12)10-6-8-18(3)9-7-10/h4-5,10H,6-9H2,1-3H3. The van der Waals surface area contributed by atoms with Gasteiger partial charge in [0.25, 0.3) is 0 Å². The van der Waals surface area contributed by atoms with Gasteiger partial charge in [-0.15, -0.1) is 15.3 Å². The molecular formula is C13H20N6. The number of piperidine rings is 1. The molecule has 1 fully saturated rings. The number of rotatable bonds is 2. The first-order chi connectivity index (χ1) is 9.15. The molecule has 6 nitrogen and oxygen atoms in total. The Morgan fingerprint density at radius 2 is 1.89 bits per heavy atom. The fraction of sp³-hybridized carbons (Fsp3) is 0.615. The average Bonchev–Trinajstić information content (AvgIpc) is 2.82. The normalized spacial score (nSPS) is 18.1. The Balaban J connectivity index is 1.97. The molecule has 1 aliphatic heterocycles. The Morgan fingerprint density at radius 1 is 1.16 bits per heavy atom. The third-order valence-electron chi connectivity index (χ3n) is 3.81. The van der Waals surface area contributed by atoms with Gasteiger partial charge in [0.1, 0.15) is 5.82 Å². The molecule has 1 saturated heterocycles. The van der Waals surface area contributed by atoms with Crippen LogP contribution in [-0.2, 0) is 0 Å². The van der Waals surface area contributed by atoms with Gasteiger partial charge in [0.05, 0.1) is 0 Å². The predicted octanol–water partition coefficient (Wildman–Crippen LogP) is 0.999. The van der Waals surface area contributed by atoms with Crippen molar-refractivity contribution in [3.05, 3.63) is 18.0 Å². The lowest BCUT2D eigenvalue weighted by Crippen LogP contribution is -2.30. The monoisotopic (exact) mass is 260 g/mol. The zero-order chi connectivity index (χ0) is 13.4. The lowest BCUT2D eigenvalue weighted by atomic mass is 9.96. The molecule has 0 spiro atoms. The fourth-order valence-electron chi connectivity index (χ4n) is 2.56. The van der Waals surface area contributed by atoms with Crippen molar-refractivity contribution in [1.29, 1.82) is 0 Å². The van der Waals surface area contributed by atoms with E-state index in [4.69, 9.17) is 0 Å². The van der Waals surface area contributed by atoms with Crippen LogP contribution in [0.5, 0.6) is 0 Å². The highest BCUT2D eigenvalue weighted by Crippen LogP contribution is 2.26. The zero-order valence-corrected chi connectivity index (χ0v) is 11.7. The van der Waals surface area contributed by atoms with Gasteiger partial charge in [0, 0.05) is 20.0 Å². The first-order valence-corrected chi connectivity index (χ1v) is 6.73. The molecule has 2 aromatic rings. The van der Waals surface area contributed by atoms with Crippen LogP contribution in [0.25, 0.3) is 5.65 Å². The molecule has 3 heterocycles. The van der Waals surface area contributed by atoms with E-state index >= 15 is 0 Å². The lowest BCUT2D eigenvalue weighted by molar-refractivity contribution is 0.250. The van der Waals surface area contributed by atoms with Crippen LogP contribution in [0.4, 0.5) is 5.82 Å². The molecule has 0 amide bonds. The summed E-state index contributed by atoms with van der Waals surface area (Å²) >= 11 is 0. The van der Waals surface area contributed by atoms with Crippen LogP contribution in [0.3, 0.4) is 0 Å². The molecule has 0 atom stereocenters. The molecule has 6 heteroatoms. The molecule has 2 aromatic heterocycles. The third-order valence-corrected chi connectivity index (χ3v) is 3.81. The smallest absolute Gasteiger partial charge is 0.178 e. The number of hydrogen-bond donors (Lipinski definition) is 0. The van der Waals surface area contributed by atoms with E-state index < -0.39 is 0 Å². The summed E-state index contributed by atoms with van der Waals surface area (Å²) in [5, 5.41) is 13.2. The average molecular weight is 260 g/mol. The summed E-state index contributed by atoms with van der Waals surface area (Å²) in [6.07, 6.45) is 2.26. The van der Waals surface area contributed by atoms with Crippen molar-refractivity contribution in [1.82, 2.24) is 24.7 Å². The van der Waals surface area contributed by atoms with E-state index in [1.807, 2.05) is 35.6 Å². The van der Waals surface area contributed by atoms with Crippen molar-refractivity contribution in [3.63, 3.8) is 0 Å². The van der Waals surface area contributed by atoms with Crippen molar-refractivity contribution in [2.45, 2.75) is 18.8 Å². The van der Waals surface area contributed by atoms with E-state index in [2.05, 4.69) is 27.2 Å². The maximum Gasteiger partial charge on any atom is 0.178 e. The maximum atomic E-state index is 4.63. The van der Waals surface area contributed by atoms with Crippen LogP contribution >= 0.6 is 0 Å². The molecule has 0 bridgehead atoms. The van der Waals surface area contributed by atoms with Gasteiger partial charge in [-0.25, -0.2) is 0 Å². The van der Waals surface area contributed by atoms with Gasteiger partial charge in [-0.3, -0.25) is 0 Å². The summed E-state index contributed by atoms with van der Waals surface area (Å²) < 4.78 is 1.91. The molecule has 0 unspecified atom stereocenters. The Morgan fingerprint density at radius 3 is 2.58 bits per heavy atom. The molecule has 0 N–H and O–H groups in total. The number of fused-ring (bicyclic) bond motifs is 1. The SMILES string of the molecule is CN1CCC(c2nnc3ccc(N(C)C)nn23)CC1. The summed E-state index contributed by atoms with van der Waals surface area (Å²) in [4.78, 5) is 4.36. The molecule has 0 aliphatic carbocycles. The van der Waals surface area contributed by atoms with Crippen LogP contribution in [0.15, 0.2) is 12.1 Å².